The third-order valence-corrected chi connectivity index (χ3v) is 4.32. The van der Waals surface area contributed by atoms with Crippen LogP contribution in [0.1, 0.15) is 61.8 Å². The number of carbonyl (C=O) groups excluding carboxylic acids is 1. The summed E-state index contributed by atoms with van der Waals surface area (Å²) in [6.07, 6.45) is 2.00. The Morgan fingerprint density at radius 2 is 1.59 bits per heavy atom. The summed E-state index contributed by atoms with van der Waals surface area (Å²) >= 11 is -2.31. The van der Waals surface area contributed by atoms with E-state index >= 15 is 0 Å². The predicted octanol–water partition coefficient (Wildman–Crippen LogP) is 3.72. The summed E-state index contributed by atoms with van der Waals surface area (Å²) in [6.45, 7) is 16.0. The molecule has 0 amide bonds. The maximum Gasteiger partial charge on any atom is 1.00 e. The van der Waals surface area contributed by atoms with E-state index in [1.54, 1.807) is 0 Å². The van der Waals surface area contributed by atoms with Gasteiger partial charge in [0, 0.05) is 12.2 Å². The quantitative estimate of drug-likeness (QED) is 0.279. The summed E-state index contributed by atoms with van der Waals surface area (Å²) in [6, 6.07) is 0. The first-order chi connectivity index (χ1) is 10.0. The van der Waals surface area contributed by atoms with Gasteiger partial charge in [0.2, 0.25) is 0 Å². The molecular formula is C16H31AlO5. The van der Waals surface area contributed by atoms with Gasteiger partial charge in [0.15, 0.2) is 0 Å². The molecule has 128 valence electrons. The highest BCUT2D eigenvalue weighted by Crippen LogP contribution is 2.14. The molecule has 0 heterocycles. The maximum atomic E-state index is 11.8. The SMILES string of the molecule is CC/C(=C/C(=O)OCC(C)(C)C)[O][Al]([O]C(C)C)[O]C(C)C. The Bertz CT molecular complexity index is 348. The Morgan fingerprint density at radius 1 is 1.09 bits per heavy atom. The smallest absolute Gasteiger partial charge is 0.602 e. The van der Waals surface area contributed by atoms with E-state index in [1.165, 1.54) is 6.08 Å². The maximum absolute atomic E-state index is 11.8. The minimum Gasteiger partial charge on any atom is -0.602 e. The molecule has 0 saturated heterocycles. The van der Waals surface area contributed by atoms with E-state index in [0.717, 1.165) is 0 Å². The molecule has 0 aromatic carbocycles. The summed E-state index contributed by atoms with van der Waals surface area (Å²) in [4.78, 5) is 11.8. The molecule has 0 aromatic rings. The van der Waals surface area contributed by atoms with Gasteiger partial charge in [0.25, 0.3) is 0 Å². The second kappa shape index (κ2) is 10.3. The van der Waals surface area contributed by atoms with Crippen molar-refractivity contribution in [2.45, 2.75) is 74.0 Å². The number of ether oxygens (including phenoxy) is 1. The van der Waals surface area contributed by atoms with Crippen LogP contribution in [0.4, 0.5) is 0 Å². The van der Waals surface area contributed by atoms with Gasteiger partial charge in [0.05, 0.1) is 18.4 Å². The lowest BCUT2D eigenvalue weighted by atomic mass is 9.99. The molecule has 0 saturated carbocycles. The van der Waals surface area contributed by atoms with Crippen LogP contribution < -0.4 is 0 Å². The van der Waals surface area contributed by atoms with E-state index < -0.39 is 21.1 Å². The van der Waals surface area contributed by atoms with Gasteiger partial charge in [-0.2, -0.15) is 0 Å². The number of hydrogen-bond acceptors (Lipinski definition) is 5. The highest BCUT2D eigenvalue weighted by atomic mass is 27.3. The molecule has 22 heavy (non-hydrogen) atoms. The Kier molecular flexibility index (Phi) is 10.0. The molecule has 0 aliphatic rings. The van der Waals surface area contributed by atoms with Crippen molar-refractivity contribution in [2.24, 2.45) is 5.41 Å². The van der Waals surface area contributed by atoms with Crippen LogP contribution in [-0.4, -0.2) is 39.9 Å². The number of carbonyl (C=O) groups is 1. The van der Waals surface area contributed by atoms with Crippen LogP contribution in [0.15, 0.2) is 11.8 Å². The zero-order valence-corrected chi connectivity index (χ0v) is 16.4. The molecule has 5 nitrogen and oxygen atoms in total. The second-order valence-electron chi connectivity index (χ2n) is 6.91. The van der Waals surface area contributed by atoms with Crippen LogP contribution in [0.25, 0.3) is 0 Å². The lowest BCUT2D eigenvalue weighted by Crippen LogP contribution is -2.32. The predicted molar refractivity (Wildman–Crippen MR) is 88.1 cm³/mol. The largest absolute Gasteiger partial charge is 1.00 e. The average molecular weight is 330 g/mol. The Hall–Kier alpha value is -0.538. The van der Waals surface area contributed by atoms with Crippen molar-refractivity contribution in [2.75, 3.05) is 6.61 Å². The zero-order chi connectivity index (χ0) is 17.3. The van der Waals surface area contributed by atoms with Crippen LogP contribution in [0.3, 0.4) is 0 Å². The fraction of sp³-hybridized carbons (Fsp3) is 0.812. The first-order valence-corrected chi connectivity index (χ1v) is 9.29. The normalized spacial score (nSPS) is 12.7. The van der Waals surface area contributed by atoms with Crippen LogP contribution in [0, 0.1) is 5.41 Å². The summed E-state index contributed by atoms with van der Waals surface area (Å²) in [7, 11) is 0. The Morgan fingerprint density at radius 3 is 1.95 bits per heavy atom. The molecule has 0 spiro atoms. The molecule has 0 aliphatic heterocycles. The third-order valence-electron chi connectivity index (χ3n) is 2.29. The molecule has 0 N–H and O–H groups in total. The summed E-state index contributed by atoms with van der Waals surface area (Å²) < 4.78 is 22.4. The zero-order valence-electron chi connectivity index (χ0n) is 15.3. The monoisotopic (exact) mass is 330 g/mol. The first-order valence-electron chi connectivity index (χ1n) is 7.88. The topological polar surface area (TPSA) is 54.0 Å². The standard InChI is InChI=1S/C10H18O3.2C3H7O.Al/c1-5-8(11)6-9(12)13-7-10(2,3)4;2*1-3(2)4;/h6,11H,5,7H2,1-4H3;2*3H,1-2H3;/q;2*-1;+3/p-1/b8-6-;;;. The van der Waals surface area contributed by atoms with Crippen LogP contribution in [0.5, 0.6) is 0 Å². The lowest BCUT2D eigenvalue weighted by Gasteiger charge is -2.20. The lowest BCUT2D eigenvalue weighted by molar-refractivity contribution is -0.140. The van der Waals surface area contributed by atoms with E-state index in [-0.39, 0.29) is 17.6 Å². The molecule has 0 aliphatic carbocycles. The highest BCUT2D eigenvalue weighted by Gasteiger charge is 2.38. The summed E-state index contributed by atoms with van der Waals surface area (Å²) in [5.41, 5.74) is -0.0600. The molecule has 0 rings (SSSR count). The molecule has 6 heteroatoms. The highest BCUT2D eigenvalue weighted by molar-refractivity contribution is 6.37. The van der Waals surface area contributed by atoms with E-state index in [0.29, 0.717) is 18.8 Å². The van der Waals surface area contributed by atoms with Crippen LogP contribution in [-0.2, 0) is 20.9 Å². The summed E-state index contributed by atoms with van der Waals surface area (Å²) in [5, 5.41) is 0. The van der Waals surface area contributed by atoms with E-state index in [9.17, 15) is 4.79 Å². The van der Waals surface area contributed by atoms with Gasteiger partial charge in [-0.05, 0) is 39.5 Å². The minimum atomic E-state index is -2.31. The van der Waals surface area contributed by atoms with E-state index in [1.807, 2.05) is 55.4 Å². The number of allylic oxidation sites excluding steroid dienone is 1. The summed E-state index contributed by atoms with van der Waals surface area (Å²) in [5.74, 6) is 0.144. The fourth-order valence-corrected chi connectivity index (χ4v) is 2.88. The fourth-order valence-electron chi connectivity index (χ4n) is 1.34. The van der Waals surface area contributed by atoms with Crippen molar-refractivity contribution in [3.63, 3.8) is 0 Å². The van der Waals surface area contributed by atoms with Crippen molar-refractivity contribution < 1.29 is 20.9 Å². The van der Waals surface area contributed by atoms with Crippen molar-refractivity contribution >= 4 is 21.1 Å². The van der Waals surface area contributed by atoms with Gasteiger partial charge >= 0.3 is 21.1 Å². The average Bonchev–Trinajstić information content (AvgIpc) is 2.33. The van der Waals surface area contributed by atoms with Crippen molar-refractivity contribution in [3.8, 4) is 0 Å². The Labute approximate surface area is 140 Å². The molecule has 0 atom stereocenters. The number of esters is 1. The van der Waals surface area contributed by atoms with E-state index in [4.69, 9.17) is 16.1 Å². The van der Waals surface area contributed by atoms with Gasteiger partial charge in [-0.3, -0.25) is 0 Å². The second-order valence-corrected chi connectivity index (χ2v) is 8.27. The van der Waals surface area contributed by atoms with Crippen molar-refractivity contribution in [1.82, 2.24) is 0 Å². The van der Waals surface area contributed by atoms with Gasteiger partial charge in [-0.1, -0.05) is 27.7 Å². The number of hydrogen-bond donors (Lipinski definition) is 0. The van der Waals surface area contributed by atoms with Gasteiger partial charge < -0.3 is 16.1 Å². The minimum absolute atomic E-state index is 0.0152. The Balaban J connectivity index is 4.69. The molecule has 0 unspecified atom stereocenters. The first kappa shape index (κ1) is 21.5. The van der Waals surface area contributed by atoms with E-state index in [2.05, 4.69) is 0 Å². The van der Waals surface area contributed by atoms with Crippen LogP contribution >= 0.6 is 0 Å². The molecule has 0 aromatic heterocycles. The molecule has 0 bridgehead atoms. The van der Waals surface area contributed by atoms with Gasteiger partial charge in [-0.15, -0.1) is 0 Å². The van der Waals surface area contributed by atoms with Gasteiger partial charge in [0.1, 0.15) is 0 Å². The molecule has 0 radical (unpaired) electrons. The third kappa shape index (κ3) is 12.1. The van der Waals surface area contributed by atoms with Crippen molar-refractivity contribution in [3.05, 3.63) is 11.8 Å². The number of rotatable bonds is 9. The molecular weight excluding hydrogens is 299 g/mol. The molecule has 0 fully saturated rings. The van der Waals surface area contributed by atoms with Gasteiger partial charge in [-0.25, -0.2) is 4.79 Å². The van der Waals surface area contributed by atoms with Crippen LogP contribution in [0.2, 0.25) is 0 Å². The van der Waals surface area contributed by atoms with Crippen molar-refractivity contribution in [1.29, 1.82) is 0 Å².